The Kier molecular flexibility index (Phi) is 4.25. The standard InChI is InChI=1S/C21H19ClN4OS/c1-13-6-7-16(22)19-18(13)24-21(28-19)26-10-8-25(9-11-26)20(27)15-12-23-17-5-3-2-4-14(15)17/h2-7,12,23H,8-11H2,1H3. The summed E-state index contributed by atoms with van der Waals surface area (Å²) in [6.07, 6.45) is 1.82. The number of nitrogens with zero attached hydrogens (tertiary/aromatic N) is 3. The van der Waals surface area contributed by atoms with Gasteiger partial charge in [0, 0.05) is 43.3 Å². The summed E-state index contributed by atoms with van der Waals surface area (Å²) in [6, 6.07) is 11.8. The van der Waals surface area contributed by atoms with Gasteiger partial charge >= 0.3 is 0 Å². The highest BCUT2D eigenvalue weighted by Gasteiger charge is 2.25. The Labute approximate surface area is 171 Å². The monoisotopic (exact) mass is 410 g/mol. The van der Waals surface area contributed by atoms with E-state index < -0.39 is 0 Å². The van der Waals surface area contributed by atoms with Crippen LogP contribution in [0.15, 0.2) is 42.6 Å². The van der Waals surface area contributed by atoms with Crippen LogP contribution in [0.4, 0.5) is 5.13 Å². The lowest BCUT2D eigenvalue weighted by molar-refractivity contribution is 0.0749. The number of hydrogen-bond donors (Lipinski definition) is 1. The van der Waals surface area contributed by atoms with E-state index in [9.17, 15) is 4.79 Å². The van der Waals surface area contributed by atoms with Crippen molar-refractivity contribution < 1.29 is 4.79 Å². The van der Waals surface area contributed by atoms with Gasteiger partial charge in [-0.15, -0.1) is 0 Å². The number of aromatic amines is 1. The number of thiazole rings is 1. The van der Waals surface area contributed by atoms with Crippen molar-refractivity contribution in [1.82, 2.24) is 14.9 Å². The highest BCUT2D eigenvalue weighted by Crippen LogP contribution is 2.36. The molecule has 142 valence electrons. The van der Waals surface area contributed by atoms with Crippen molar-refractivity contribution in [1.29, 1.82) is 0 Å². The number of piperazine rings is 1. The average Bonchev–Trinajstić information content (AvgIpc) is 3.36. The molecular weight excluding hydrogens is 392 g/mol. The first-order valence-electron chi connectivity index (χ1n) is 9.28. The van der Waals surface area contributed by atoms with E-state index >= 15 is 0 Å². The molecule has 0 bridgehead atoms. The molecule has 1 amide bonds. The quantitative estimate of drug-likeness (QED) is 0.521. The number of nitrogens with one attached hydrogen (secondary N) is 1. The lowest BCUT2D eigenvalue weighted by Gasteiger charge is -2.34. The Bertz CT molecular complexity index is 1150. The van der Waals surface area contributed by atoms with E-state index in [1.807, 2.05) is 47.5 Å². The van der Waals surface area contributed by atoms with Crippen molar-refractivity contribution in [3.05, 3.63) is 58.7 Å². The van der Waals surface area contributed by atoms with Gasteiger partial charge in [-0.3, -0.25) is 4.79 Å². The van der Waals surface area contributed by atoms with Crippen LogP contribution in [0.2, 0.25) is 5.02 Å². The Balaban J connectivity index is 1.34. The van der Waals surface area contributed by atoms with Crippen molar-refractivity contribution in [3.8, 4) is 0 Å². The third-order valence-corrected chi connectivity index (χ3v) is 6.92. The number of halogens is 1. The number of amides is 1. The summed E-state index contributed by atoms with van der Waals surface area (Å²) in [5, 5.41) is 2.70. The van der Waals surface area contributed by atoms with Gasteiger partial charge in [0.15, 0.2) is 5.13 Å². The topological polar surface area (TPSA) is 52.2 Å². The van der Waals surface area contributed by atoms with E-state index in [1.54, 1.807) is 11.3 Å². The van der Waals surface area contributed by atoms with Gasteiger partial charge in [0.1, 0.15) is 0 Å². The number of H-pyrrole nitrogens is 1. The van der Waals surface area contributed by atoms with Gasteiger partial charge < -0.3 is 14.8 Å². The van der Waals surface area contributed by atoms with Crippen LogP contribution in [0.3, 0.4) is 0 Å². The zero-order valence-corrected chi connectivity index (χ0v) is 17.0. The molecule has 0 spiro atoms. The Morgan fingerprint density at radius 3 is 2.71 bits per heavy atom. The first kappa shape index (κ1) is 17.5. The second kappa shape index (κ2) is 6.79. The van der Waals surface area contributed by atoms with Crippen LogP contribution in [0.1, 0.15) is 15.9 Å². The van der Waals surface area contributed by atoms with Crippen molar-refractivity contribution in [2.75, 3.05) is 31.1 Å². The minimum Gasteiger partial charge on any atom is -0.360 e. The number of benzene rings is 2. The highest BCUT2D eigenvalue weighted by molar-refractivity contribution is 7.22. The average molecular weight is 411 g/mol. The largest absolute Gasteiger partial charge is 0.360 e. The molecule has 1 aliphatic rings. The number of aromatic nitrogens is 2. The predicted octanol–water partition coefficient (Wildman–Crippen LogP) is 4.70. The summed E-state index contributed by atoms with van der Waals surface area (Å²) in [5.74, 6) is 0.0836. The van der Waals surface area contributed by atoms with Crippen LogP contribution < -0.4 is 4.90 Å². The number of anilines is 1. The smallest absolute Gasteiger partial charge is 0.256 e. The van der Waals surface area contributed by atoms with Crippen LogP contribution in [0.5, 0.6) is 0 Å². The second-order valence-electron chi connectivity index (χ2n) is 7.07. The number of rotatable bonds is 2. The zero-order valence-electron chi connectivity index (χ0n) is 15.4. The normalized spacial score (nSPS) is 14.9. The molecule has 1 fully saturated rings. The Hall–Kier alpha value is -2.57. The molecule has 5 rings (SSSR count). The molecule has 2 aromatic carbocycles. The summed E-state index contributed by atoms with van der Waals surface area (Å²) >= 11 is 7.98. The molecule has 28 heavy (non-hydrogen) atoms. The fourth-order valence-corrected chi connectivity index (χ4v) is 5.11. The molecule has 7 heteroatoms. The first-order valence-corrected chi connectivity index (χ1v) is 10.5. The number of hydrogen-bond acceptors (Lipinski definition) is 4. The fraction of sp³-hybridized carbons (Fsp3) is 0.238. The molecule has 1 aliphatic heterocycles. The summed E-state index contributed by atoms with van der Waals surface area (Å²) in [4.78, 5) is 25.2. The van der Waals surface area contributed by atoms with Crippen LogP contribution in [-0.4, -0.2) is 47.0 Å². The van der Waals surface area contributed by atoms with Crippen molar-refractivity contribution in [3.63, 3.8) is 0 Å². The van der Waals surface area contributed by atoms with Crippen LogP contribution in [0, 0.1) is 6.92 Å². The van der Waals surface area contributed by atoms with Gasteiger partial charge in [0.05, 0.1) is 20.8 Å². The van der Waals surface area contributed by atoms with Crippen LogP contribution in [0.25, 0.3) is 21.1 Å². The molecule has 4 aromatic rings. The maximum Gasteiger partial charge on any atom is 0.256 e. The molecule has 0 radical (unpaired) electrons. The van der Waals surface area contributed by atoms with Gasteiger partial charge in [0.2, 0.25) is 0 Å². The number of aryl methyl sites for hydroxylation is 1. The third-order valence-electron chi connectivity index (χ3n) is 5.34. The van der Waals surface area contributed by atoms with Crippen LogP contribution >= 0.6 is 22.9 Å². The second-order valence-corrected chi connectivity index (χ2v) is 8.45. The molecule has 0 saturated carbocycles. The predicted molar refractivity (Wildman–Crippen MR) is 116 cm³/mol. The maximum absolute atomic E-state index is 13.0. The van der Waals surface area contributed by atoms with Crippen molar-refractivity contribution >= 4 is 55.1 Å². The Morgan fingerprint density at radius 1 is 1.14 bits per heavy atom. The minimum absolute atomic E-state index is 0.0836. The number of para-hydroxylation sites is 1. The van der Waals surface area contributed by atoms with Gasteiger partial charge in [-0.25, -0.2) is 4.98 Å². The van der Waals surface area contributed by atoms with Gasteiger partial charge in [-0.05, 0) is 24.6 Å². The van der Waals surface area contributed by atoms with Gasteiger partial charge in [-0.2, -0.15) is 0 Å². The summed E-state index contributed by atoms with van der Waals surface area (Å²) in [5.41, 5.74) is 3.84. The van der Waals surface area contributed by atoms with E-state index in [0.29, 0.717) is 13.1 Å². The number of fused-ring (bicyclic) bond motifs is 2. The molecule has 0 unspecified atom stereocenters. The fourth-order valence-electron chi connectivity index (χ4n) is 3.75. The SMILES string of the molecule is Cc1ccc(Cl)c2sc(N3CCN(C(=O)c4c[nH]c5ccccc45)CC3)nc12. The van der Waals surface area contributed by atoms with Gasteiger partial charge in [-0.1, -0.05) is 47.2 Å². The van der Waals surface area contributed by atoms with E-state index in [0.717, 1.165) is 55.5 Å². The van der Waals surface area contributed by atoms with Crippen LogP contribution in [-0.2, 0) is 0 Å². The first-order chi connectivity index (χ1) is 13.6. The molecule has 2 aromatic heterocycles. The summed E-state index contributed by atoms with van der Waals surface area (Å²) in [6.45, 7) is 4.96. The molecule has 1 N–H and O–H groups in total. The molecule has 0 aliphatic carbocycles. The molecule has 5 nitrogen and oxygen atoms in total. The van der Waals surface area contributed by atoms with Crippen molar-refractivity contribution in [2.24, 2.45) is 0 Å². The number of carbonyl (C=O) groups excluding carboxylic acids is 1. The summed E-state index contributed by atoms with van der Waals surface area (Å²) < 4.78 is 1.04. The lowest BCUT2D eigenvalue weighted by Crippen LogP contribution is -2.48. The number of carbonyl (C=O) groups is 1. The van der Waals surface area contributed by atoms with E-state index in [1.165, 1.54) is 0 Å². The minimum atomic E-state index is 0.0836. The Morgan fingerprint density at radius 2 is 1.93 bits per heavy atom. The van der Waals surface area contributed by atoms with Crippen molar-refractivity contribution in [2.45, 2.75) is 6.92 Å². The third kappa shape index (κ3) is 2.84. The molecule has 3 heterocycles. The van der Waals surface area contributed by atoms with E-state index in [2.05, 4.69) is 16.8 Å². The van der Waals surface area contributed by atoms with Gasteiger partial charge in [0.25, 0.3) is 5.91 Å². The summed E-state index contributed by atoms with van der Waals surface area (Å²) in [7, 11) is 0. The molecule has 1 saturated heterocycles. The molecular formula is C21H19ClN4OS. The maximum atomic E-state index is 13.0. The zero-order chi connectivity index (χ0) is 19.3. The van der Waals surface area contributed by atoms with E-state index in [4.69, 9.17) is 16.6 Å². The molecule has 0 atom stereocenters. The highest BCUT2D eigenvalue weighted by atomic mass is 35.5. The van der Waals surface area contributed by atoms with E-state index in [-0.39, 0.29) is 5.91 Å². The lowest BCUT2D eigenvalue weighted by atomic mass is 10.1.